The van der Waals surface area contributed by atoms with E-state index in [2.05, 4.69) is 32.0 Å². The Balaban J connectivity index is 1.40. The van der Waals surface area contributed by atoms with Crippen LogP contribution in [-0.4, -0.2) is 72.8 Å². The number of piperazine rings is 1. The molecule has 1 N–H and O–H groups in total. The van der Waals surface area contributed by atoms with Gasteiger partial charge in [-0.15, -0.1) is 0 Å². The van der Waals surface area contributed by atoms with Gasteiger partial charge in [-0.1, -0.05) is 19.3 Å². The SMILES string of the molecule is CCNC(=NCCCOC1CCCCC1)N1CCN(c2ncccn2)CC1. The van der Waals surface area contributed by atoms with Crippen LogP contribution in [0.5, 0.6) is 0 Å². The number of anilines is 1. The molecular weight excluding hydrogens is 340 g/mol. The summed E-state index contributed by atoms with van der Waals surface area (Å²) in [6, 6.07) is 1.85. The van der Waals surface area contributed by atoms with Crippen LogP contribution in [0.2, 0.25) is 0 Å². The normalized spacial score (nSPS) is 19.4. The molecule has 1 saturated heterocycles. The number of nitrogens with zero attached hydrogens (tertiary/aromatic N) is 5. The average Bonchev–Trinajstić information content (AvgIpc) is 2.74. The summed E-state index contributed by atoms with van der Waals surface area (Å²) >= 11 is 0. The fraction of sp³-hybridized carbons (Fsp3) is 0.750. The molecule has 1 aromatic heterocycles. The topological polar surface area (TPSA) is 65.9 Å². The van der Waals surface area contributed by atoms with Crippen molar-refractivity contribution in [1.82, 2.24) is 20.2 Å². The van der Waals surface area contributed by atoms with Gasteiger partial charge in [-0.3, -0.25) is 4.99 Å². The average molecular weight is 375 g/mol. The Morgan fingerprint density at radius 2 is 1.89 bits per heavy atom. The summed E-state index contributed by atoms with van der Waals surface area (Å²) in [5.74, 6) is 1.84. The lowest BCUT2D eigenvalue weighted by Gasteiger charge is -2.36. The van der Waals surface area contributed by atoms with Gasteiger partial charge in [0.15, 0.2) is 5.96 Å². The van der Waals surface area contributed by atoms with Crippen molar-refractivity contribution >= 4 is 11.9 Å². The highest BCUT2D eigenvalue weighted by atomic mass is 16.5. The molecule has 2 heterocycles. The highest BCUT2D eigenvalue weighted by Gasteiger charge is 2.21. The molecule has 1 aliphatic heterocycles. The van der Waals surface area contributed by atoms with Gasteiger partial charge < -0.3 is 19.9 Å². The molecule has 0 bridgehead atoms. The van der Waals surface area contributed by atoms with Gasteiger partial charge >= 0.3 is 0 Å². The van der Waals surface area contributed by atoms with E-state index < -0.39 is 0 Å². The Hall–Kier alpha value is -1.89. The summed E-state index contributed by atoms with van der Waals surface area (Å²) in [7, 11) is 0. The first-order valence-corrected chi connectivity index (χ1v) is 10.5. The predicted molar refractivity (Wildman–Crippen MR) is 109 cm³/mol. The summed E-state index contributed by atoms with van der Waals surface area (Å²) in [5, 5.41) is 3.43. The number of hydrogen-bond acceptors (Lipinski definition) is 5. The second kappa shape index (κ2) is 11.1. The quantitative estimate of drug-likeness (QED) is 0.449. The number of hydrogen-bond donors (Lipinski definition) is 1. The largest absolute Gasteiger partial charge is 0.378 e. The lowest BCUT2D eigenvalue weighted by Crippen LogP contribution is -2.53. The van der Waals surface area contributed by atoms with Crippen LogP contribution >= 0.6 is 0 Å². The second-order valence-corrected chi connectivity index (χ2v) is 7.24. The molecule has 0 aromatic carbocycles. The maximum absolute atomic E-state index is 6.01. The summed E-state index contributed by atoms with van der Waals surface area (Å²) in [6.45, 7) is 8.35. The fourth-order valence-electron chi connectivity index (χ4n) is 3.73. The van der Waals surface area contributed by atoms with Crippen LogP contribution in [0.4, 0.5) is 5.95 Å². The van der Waals surface area contributed by atoms with Crippen LogP contribution in [0.25, 0.3) is 0 Å². The van der Waals surface area contributed by atoms with Gasteiger partial charge in [0, 0.05) is 58.3 Å². The predicted octanol–water partition coefficient (Wildman–Crippen LogP) is 2.30. The third kappa shape index (κ3) is 6.34. The number of ether oxygens (including phenoxy) is 1. The second-order valence-electron chi connectivity index (χ2n) is 7.24. The van der Waals surface area contributed by atoms with Gasteiger partial charge in [0.25, 0.3) is 0 Å². The third-order valence-corrected chi connectivity index (χ3v) is 5.22. The van der Waals surface area contributed by atoms with Crippen LogP contribution in [-0.2, 0) is 4.74 Å². The van der Waals surface area contributed by atoms with Crippen LogP contribution < -0.4 is 10.2 Å². The van der Waals surface area contributed by atoms with Crippen molar-refractivity contribution in [2.24, 2.45) is 4.99 Å². The minimum atomic E-state index is 0.490. The molecular formula is C20H34N6O. The van der Waals surface area contributed by atoms with E-state index in [-0.39, 0.29) is 0 Å². The van der Waals surface area contributed by atoms with Crippen molar-refractivity contribution in [3.8, 4) is 0 Å². The molecule has 0 atom stereocenters. The summed E-state index contributed by atoms with van der Waals surface area (Å²) in [5.41, 5.74) is 0. The zero-order valence-corrected chi connectivity index (χ0v) is 16.6. The summed E-state index contributed by atoms with van der Waals surface area (Å²) in [6.07, 6.45) is 11.6. The molecule has 1 aliphatic carbocycles. The highest BCUT2D eigenvalue weighted by Crippen LogP contribution is 2.20. The molecule has 150 valence electrons. The van der Waals surface area contributed by atoms with Crippen LogP contribution in [0, 0.1) is 0 Å². The third-order valence-electron chi connectivity index (χ3n) is 5.22. The van der Waals surface area contributed by atoms with Crippen LogP contribution in [0.15, 0.2) is 23.5 Å². The molecule has 7 heteroatoms. The molecule has 0 unspecified atom stereocenters. The molecule has 1 aromatic rings. The van der Waals surface area contributed by atoms with Gasteiger partial charge in [-0.2, -0.15) is 0 Å². The van der Waals surface area contributed by atoms with E-state index in [0.717, 1.165) is 64.2 Å². The summed E-state index contributed by atoms with van der Waals surface area (Å²) < 4.78 is 6.01. The number of aromatic nitrogens is 2. The molecule has 27 heavy (non-hydrogen) atoms. The molecule has 0 radical (unpaired) electrons. The number of aliphatic imine (C=N–C) groups is 1. The lowest BCUT2D eigenvalue weighted by molar-refractivity contribution is 0.0281. The fourth-order valence-corrected chi connectivity index (χ4v) is 3.73. The molecule has 0 spiro atoms. The Labute approximate surface area is 163 Å². The van der Waals surface area contributed by atoms with E-state index >= 15 is 0 Å². The van der Waals surface area contributed by atoms with E-state index in [1.54, 1.807) is 12.4 Å². The van der Waals surface area contributed by atoms with Crippen molar-refractivity contribution in [3.05, 3.63) is 18.5 Å². The van der Waals surface area contributed by atoms with E-state index in [0.29, 0.717) is 6.10 Å². The Morgan fingerprint density at radius 3 is 2.59 bits per heavy atom. The summed E-state index contributed by atoms with van der Waals surface area (Å²) in [4.78, 5) is 18.1. The highest BCUT2D eigenvalue weighted by molar-refractivity contribution is 5.80. The maximum atomic E-state index is 6.01. The van der Waals surface area contributed by atoms with Crippen molar-refractivity contribution in [1.29, 1.82) is 0 Å². The number of guanidine groups is 1. The minimum Gasteiger partial charge on any atom is -0.378 e. The maximum Gasteiger partial charge on any atom is 0.225 e. The van der Waals surface area contributed by atoms with Crippen LogP contribution in [0.1, 0.15) is 45.4 Å². The van der Waals surface area contributed by atoms with Gasteiger partial charge in [-0.05, 0) is 32.3 Å². The van der Waals surface area contributed by atoms with E-state index in [9.17, 15) is 0 Å². The first-order valence-electron chi connectivity index (χ1n) is 10.5. The lowest BCUT2D eigenvalue weighted by atomic mass is 9.98. The zero-order valence-electron chi connectivity index (χ0n) is 16.6. The van der Waals surface area contributed by atoms with Crippen molar-refractivity contribution in [2.75, 3.05) is 50.8 Å². The number of rotatable bonds is 7. The van der Waals surface area contributed by atoms with Gasteiger partial charge in [0.2, 0.25) is 5.95 Å². The molecule has 7 nitrogen and oxygen atoms in total. The molecule has 2 fully saturated rings. The van der Waals surface area contributed by atoms with Crippen LogP contribution in [0.3, 0.4) is 0 Å². The van der Waals surface area contributed by atoms with E-state index in [4.69, 9.17) is 9.73 Å². The van der Waals surface area contributed by atoms with Gasteiger partial charge in [-0.25, -0.2) is 9.97 Å². The van der Waals surface area contributed by atoms with Crippen molar-refractivity contribution in [3.63, 3.8) is 0 Å². The smallest absolute Gasteiger partial charge is 0.225 e. The van der Waals surface area contributed by atoms with Crippen molar-refractivity contribution < 1.29 is 4.74 Å². The van der Waals surface area contributed by atoms with Crippen molar-refractivity contribution in [2.45, 2.75) is 51.6 Å². The molecule has 3 rings (SSSR count). The van der Waals surface area contributed by atoms with E-state index in [1.807, 2.05) is 6.07 Å². The molecule has 1 saturated carbocycles. The first-order chi connectivity index (χ1) is 13.4. The Kier molecular flexibility index (Phi) is 8.14. The minimum absolute atomic E-state index is 0.490. The van der Waals surface area contributed by atoms with Gasteiger partial charge in [0.1, 0.15) is 0 Å². The Morgan fingerprint density at radius 1 is 1.15 bits per heavy atom. The van der Waals surface area contributed by atoms with Gasteiger partial charge in [0.05, 0.1) is 6.10 Å². The molecule has 2 aliphatic rings. The number of nitrogens with one attached hydrogen (secondary N) is 1. The van der Waals surface area contributed by atoms with E-state index in [1.165, 1.54) is 32.1 Å². The molecule has 0 amide bonds. The Bertz CT molecular complexity index is 553. The first kappa shape index (κ1) is 19.9. The zero-order chi connectivity index (χ0) is 18.7. The monoisotopic (exact) mass is 374 g/mol. The standard InChI is InChI=1S/C20H34N6O/c1-2-21-19(24-12-7-17-27-18-8-4-3-5-9-18)25-13-15-26(16-14-25)20-22-10-6-11-23-20/h6,10-11,18H,2-5,7-9,12-17H2,1H3,(H,21,24).